The minimum Gasteiger partial charge on any atom is -0.314 e. The van der Waals surface area contributed by atoms with Gasteiger partial charge in [0, 0.05) is 0 Å². The van der Waals surface area contributed by atoms with Crippen LogP contribution in [0.5, 0.6) is 0 Å². The average molecular weight is 66.0 g/mol. The van der Waals surface area contributed by atoms with E-state index in [0.29, 0.717) is 0 Å². The zero-order valence-electron chi connectivity index (χ0n) is 2.78. The van der Waals surface area contributed by atoms with Gasteiger partial charge in [-0.25, -0.2) is 0 Å². The van der Waals surface area contributed by atoms with Gasteiger partial charge in [-0.15, -0.1) is 0 Å². The van der Waals surface area contributed by atoms with Gasteiger partial charge in [-0.2, -0.15) is 6.16 Å². The molecule has 1 fully saturated rings. The predicted molar refractivity (Wildman–Crippen MR) is 17.5 cm³/mol. The maximum atomic E-state index is 2.28. The molecular weight excluding hydrogens is 61.9 g/mol. The predicted octanol–water partition coefficient (Wildman–Crippen LogP) is -2.16. The first-order valence-electron chi connectivity index (χ1n) is 1.05. The van der Waals surface area contributed by atoms with Crippen LogP contribution in [0.2, 0.25) is 0 Å². The second kappa shape index (κ2) is 2.28. The molecule has 0 aromatic heterocycles. The average Bonchev–Trinajstić information content (AvgIpc) is 1.46. The molecule has 0 nitrogen and oxygen atoms in total. The maximum Gasteiger partial charge on any atom is 1.00 e. The van der Waals surface area contributed by atoms with Crippen LogP contribution in [0.1, 0.15) is 0 Å². The molecule has 0 aromatic carbocycles. The molecule has 0 aliphatic carbocycles. The first-order valence-corrected chi connectivity index (χ1v) is 2.33. The molecule has 1 unspecified atom stereocenters. The Labute approximate surface area is 40.3 Å². The third-order valence-corrected chi connectivity index (χ3v) is 0.612. The molecule has 0 aromatic rings. The third-order valence-electron chi connectivity index (χ3n) is 0.204. The minimum absolute atomic E-state index is 0. The van der Waals surface area contributed by atoms with E-state index in [1.54, 1.807) is 0 Å². The van der Waals surface area contributed by atoms with Gasteiger partial charge in [-0.1, -0.05) is 0 Å². The van der Waals surface area contributed by atoms with E-state index in [1.807, 2.05) is 0 Å². The molecule has 1 atom stereocenters. The molecule has 2 heteroatoms. The number of hydrogen-bond acceptors (Lipinski definition) is 0. The van der Waals surface area contributed by atoms with Crippen molar-refractivity contribution >= 4 is 8.58 Å². The normalized spacial score (nSPS) is 24.0. The van der Waals surface area contributed by atoms with Gasteiger partial charge in [0.25, 0.3) is 0 Å². The summed E-state index contributed by atoms with van der Waals surface area (Å²) in [6.45, 7) is 0. The second-order valence-electron chi connectivity index (χ2n) is 0.612. The van der Waals surface area contributed by atoms with Crippen molar-refractivity contribution < 1.29 is 18.9 Å². The van der Waals surface area contributed by atoms with Gasteiger partial charge in [0.1, 0.15) is 0 Å². The molecule has 1 rings (SSSR count). The van der Waals surface area contributed by atoms with E-state index < -0.39 is 0 Å². The summed E-state index contributed by atoms with van der Waals surface area (Å²) in [5.74, 6) is 0. The third kappa shape index (κ3) is 3.03. The molecule has 1 aliphatic heterocycles. The Morgan fingerprint density at radius 3 is 2.00 bits per heavy atom. The van der Waals surface area contributed by atoms with Gasteiger partial charge in [0.2, 0.25) is 0 Å². The fourth-order valence-corrected chi connectivity index (χ4v) is 0. The topological polar surface area (TPSA) is 0 Å². The molecule has 0 saturated carbocycles. The smallest absolute Gasteiger partial charge is 0.314 e. The van der Waals surface area contributed by atoms with Gasteiger partial charge in [-0.3, -0.25) is 0 Å². The van der Waals surface area contributed by atoms with E-state index in [-0.39, 0.29) is 18.9 Å². The van der Waals surface area contributed by atoms with Crippen molar-refractivity contribution in [1.29, 1.82) is 0 Å². The van der Waals surface area contributed by atoms with Crippen LogP contribution in [0.25, 0.3) is 0 Å². The summed E-state index contributed by atoms with van der Waals surface area (Å²) in [7, 11) is 1.21. The van der Waals surface area contributed by atoms with Gasteiger partial charge < -0.3 is 14.7 Å². The quantitative estimate of drug-likeness (QED) is 0.172. The van der Waals surface area contributed by atoms with Crippen molar-refractivity contribution in [2.75, 3.05) is 6.16 Å². The minimum atomic E-state index is 0. The van der Waals surface area contributed by atoms with Crippen LogP contribution in [0.3, 0.4) is 0 Å². The zero-order chi connectivity index (χ0) is 2.12. The molecule has 1 heterocycles. The van der Waals surface area contributed by atoms with Gasteiger partial charge in [0.15, 0.2) is 0 Å². The molecular formula is C2H4LiP. The molecule has 4 heavy (non-hydrogen) atoms. The van der Waals surface area contributed by atoms with Crippen molar-refractivity contribution in [3.8, 4) is 0 Å². The van der Waals surface area contributed by atoms with Gasteiger partial charge in [0.05, 0.1) is 0 Å². The first kappa shape index (κ1) is 5.03. The zero-order valence-corrected chi connectivity index (χ0v) is 3.78. The standard InChI is InChI=1S/C2H4P.Li/c1-2-3-1;/h1,3H,2H2;/q-1;+1. The molecule has 0 bridgehead atoms. The number of hydrogen-bond donors (Lipinski definition) is 0. The second-order valence-corrected chi connectivity index (χ2v) is 1.84. The van der Waals surface area contributed by atoms with Crippen molar-refractivity contribution in [2.24, 2.45) is 0 Å². The Morgan fingerprint density at radius 2 is 2.00 bits per heavy atom. The molecule has 0 spiro atoms. The Bertz CT molecular complexity index is 10.8. The van der Waals surface area contributed by atoms with Crippen LogP contribution < -0.4 is 18.9 Å². The van der Waals surface area contributed by atoms with E-state index >= 15 is 0 Å². The number of rotatable bonds is 0. The van der Waals surface area contributed by atoms with Crippen molar-refractivity contribution in [3.05, 3.63) is 6.16 Å². The van der Waals surface area contributed by atoms with Crippen LogP contribution >= 0.6 is 8.58 Å². The van der Waals surface area contributed by atoms with E-state index in [4.69, 9.17) is 0 Å². The first-order chi connectivity index (χ1) is 1.50. The van der Waals surface area contributed by atoms with E-state index in [2.05, 4.69) is 6.16 Å². The van der Waals surface area contributed by atoms with Crippen molar-refractivity contribution in [3.63, 3.8) is 0 Å². The van der Waals surface area contributed by atoms with Crippen LogP contribution in [-0.4, -0.2) is 6.16 Å². The molecule has 1 saturated heterocycles. The maximum absolute atomic E-state index is 2.28. The summed E-state index contributed by atoms with van der Waals surface area (Å²) in [6, 6.07) is 0. The van der Waals surface area contributed by atoms with Crippen LogP contribution in [-0.2, 0) is 0 Å². The van der Waals surface area contributed by atoms with Crippen molar-refractivity contribution in [1.82, 2.24) is 0 Å². The Kier molecular flexibility index (Phi) is 2.86. The molecule has 18 valence electrons. The van der Waals surface area contributed by atoms with Crippen LogP contribution in [0, 0.1) is 6.16 Å². The van der Waals surface area contributed by atoms with Crippen LogP contribution in [0.4, 0.5) is 0 Å². The summed E-state index contributed by atoms with van der Waals surface area (Å²) in [5.41, 5.74) is 0. The summed E-state index contributed by atoms with van der Waals surface area (Å²) in [4.78, 5) is 0. The molecule has 0 radical (unpaired) electrons. The Morgan fingerprint density at radius 1 is 1.75 bits per heavy atom. The summed E-state index contributed by atoms with van der Waals surface area (Å²) < 4.78 is 0. The fourth-order valence-electron chi connectivity index (χ4n) is 0. The van der Waals surface area contributed by atoms with Gasteiger partial charge >= 0.3 is 18.9 Å². The largest absolute Gasteiger partial charge is 1.00 e. The Balaban J connectivity index is 0.0000000900. The van der Waals surface area contributed by atoms with E-state index in [0.717, 1.165) is 0 Å². The molecule has 1 aliphatic rings. The summed E-state index contributed by atoms with van der Waals surface area (Å²) in [5, 5.41) is 0. The SMILES string of the molecule is [CH-]1CP1.[Li+]. The van der Waals surface area contributed by atoms with E-state index in [9.17, 15) is 0 Å². The van der Waals surface area contributed by atoms with Gasteiger partial charge in [-0.05, 0) is 0 Å². The van der Waals surface area contributed by atoms with Crippen molar-refractivity contribution in [2.45, 2.75) is 0 Å². The Hall–Kier alpha value is 1.03. The van der Waals surface area contributed by atoms with Crippen LogP contribution in [0.15, 0.2) is 0 Å². The molecule has 0 amide bonds. The van der Waals surface area contributed by atoms with E-state index in [1.165, 1.54) is 14.7 Å². The fraction of sp³-hybridized carbons (Fsp3) is 0.500. The summed E-state index contributed by atoms with van der Waals surface area (Å²) >= 11 is 0. The monoisotopic (exact) mass is 66.0 g/mol. The summed E-state index contributed by atoms with van der Waals surface area (Å²) in [6.07, 6.45) is 3.68. The molecule has 0 N–H and O–H groups in total.